The van der Waals surface area contributed by atoms with E-state index in [0.717, 1.165) is 36.8 Å². The quantitative estimate of drug-likeness (QED) is 0.897. The Morgan fingerprint density at radius 2 is 2.28 bits per heavy atom. The fourth-order valence-corrected chi connectivity index (χ4v) is 2.99. The third-order valence-corrected chi connectivity index (χ3v) is 4.19. The normalized spacial score (nSPS) is 23.2. The number of hydrogen-bond donors (Lipinski definition) is 2. The summed E-state index contributed by atoms with van der Waals surface area (Å²) in [6, 6.07) is 0. The van der Waals surface area contributed by atoms with Gasteiger partial charge in [-0.05, 0) is 32.2 Å². The maximum atomic E-state index is 12.0. The van der Waals surface area contributed by atoms with Gasteiger partial charge in [0, 0.05) is 17.8 Å². The van der Waals surface area contributed by atoms with Crippen LogP contribution in [0.3, 0.4) is 0 Å². The van der Waals surface area contributed by atoms with Crippen molar-refractivity contribution in [1.29, 1.82) is 0 Å². The topological polar surface area (TPSA) is 54.0 Å². The molecule has 2 aliphatic rings. The van der Waals surface area contributed by atoms with Gasteiger partial charge < -0.3 is 10.6 Å². The molecule has 0 radical (unpaired) electrons. The van der Waals surface area contributed by atoms with E-state index in [1.165, 1.54) is 12.8 Å². The molecule has 1 aliphatic heterocycles. The first-order valence-corrected chi connectivity index (χ1v) is 7.18. The highest BCUT2D eigenvalue weighted by Gasteiger charge is 2.27. The molecule has 1 amide bonds. The highest BCUT2D eigenvalue weighted by molar-refractivity contribution is 7.13. The van der Waals surface area contributed by atoms with Crippen molar-refractivity contribution in [2.75, 3.05) is 18.4 Å². The number of nitrogens with one attached hydrogen (secondary N) is 2. The van der Waals surface area contributed by atoms with E-state index >= 15 is 0 Å². The summed E-state index contributed by atoms with van der Waals surface area (Å²) in [7, 11) is 0. The monoisotopic (exact) mass is 287 g/mol. The zero-order valence-electron chi connectivity index (χ0n) is 10.1. The van der Waals surface area contributed by atoms with Crippen molar-refractivity contribution in [2.24, 2.45) is 5.92 Å². The Morgan fingerprint density at radius 3 is 2.94 bits per heavy atom. The van der Waals surface area contributed by atoms with Crippen LogP contribution in [0, 0.1) is 5.92 Å². The highest BCUT2D eigenvalue weighted by atomic mass is 35.5. The van der Waals surface area contributed by atoms with Crippen LogP contribution in [0.15, 0.2) is 5.38 Å². The molecule has 0 aromatic carbocycles. The summed E-state index contributed by atoms with van der Waals surface area (Å²) in [5, 5.41) is 9.04. The Bertz CT molecular complexity index is 413. The van der Waals surface area contributed by atoms with Crippen LogP contribution >= 0.6 is 23.7 Å². The number of carbonyl (C=O) groups excluding carboxylic acids is 1. The number of piperidine rings is 1. The minimum absolute atomic E-state index is 0. The van der Waals surface area contributed by atoms with Crippen LogP contribution in [-0.2, 0) is 4.79 Å². The maximum absolute atomic E-state index is 12.0. The van der Waals surface area contributed by atoms with Crippen LogP contribution < -0.4 is 10.6 Å². The molecule has 1 aliphatic carbocycles. The minimum atomic E-state index is 0. The van der Waals surface area contributed by atoms with Gasteiger partial charge in [-0.1, -0.05) is 0 Å². The van der Waals surface area contributed by atoms with Crippen LogP contribution in [0.2, 0.25) is 0 Å². The fourth-order valence-electron chi connectivity index (χ4n) is 2.19. The predicted octanol–water partition coefficient (Wildman–Crippen LogP) is 2.38. The van der Waals surface area contributed by atoms with Crippen molar-refractivity contribution in [3.05, 3.63) is 11.1 Å². The van der Waals surface area contributed by atoms with Gasteiger partial charge >= 0.3 is 0 Å². The van der Waals surface area contributed by atoms with Gasteiger partial charge in [0.15, 0.2) is 5.13 Å². The van der Waals surface area contributed by atoms with E-state index in [-0.39, 0.29) is 24.2 Å². The van der Waals surface area contributed by atoms with Gasteiger partial charge in [0.05, 0.1) is 11.6 Å². The summed E-state index contributed by atoms with van der Waals surface area (Å²) in [5.74, 6) is 0.888. The standard InChI is InChI=1S/C12H17N3OS.ClH/c16-11(9-2-1-5-13-6-9)15-12-14-10(7-17-12)8-3-4-8;/h7-9,13H,1-6H2,(H,14,15,16);1H/t9-;/m1./s1. The number of nitrogens with zero attached hydrogens (tertiary/aromatic N) is 1. The summed E-state index contributed by atoms with van der Waals surface area (Å²) in [4.78, 5) is 16.5. The number of aromatic nitrogens is 1. The molecule has 2 N–H and O–H groups in total. The average Bonchev–Trinajstić information content (AvgIpc) is 3.12. The van der Waals surface area contributed by atoms with Gasteiger partial charge in [-0.25, -0.2) is 4.98 Å². The molecule has 0 spiro atoms. The molecular weight excluding hydrogens is 270 g/mol. The Kier molecular flexibility index (Phi) is 4.59. The van der Waals surface area contributed by atoms with Crippen molar-refractivity contribution < 1.29 is 4.79 Å². The van der Waals surface area contributed by atoms with E-state index in [4.69, 9.17) is 0 Å². The second kappa shape index (κ2) is 5.99. The molecule has 2 fully saturated rings. The lowest BCUT2D eigenvalue weighted by Gasteiger charge is -2.21. The van der Waals surface area contributed by atoms with Crippen LogP contribution in [-0.4, -0.2) is 24.0 Å². The van der Waals surface area contributed by atoms with Crippen molar-refractivity contribution >= 4 is 34.8 Å². The summed E-state index contributed by atoms with van der Waals surface area (Å²) in [6.07, 6.45) is 4.58. The van der Waals surface area contributed by atoms with Gasteiger partial charge in [0.2, 0.25) is 5.91 Å². The summed E-state index contributed by atoms with van der Waals surface area (Å²) in [5.41, 5.74) is 1.16. The number of hydrogen-bond acceptors (Lipinski definition) is 4. The van der Waals surface area contributed by atoms with Crippen LogP contribution in [0.25, 0.3) is 0 Å². The lowest BCUT2D eigenvalue weighted by molar-refractivity contribution is -0.120. The van der Waals surface area contributed by atoms with E-state index in [2.05, 4.69) is 21.0 Å². The molecule has 6 heteroatoms. The van der Waals surface area contributed by atoms with E-state index in [1.807, 2.05) is 0 Å². The van der Waals surface area contributed by atoms with Gasteiger partial charge in [-0.2, -0.15) is 0 Å². The van der Waals surface area contributed by atoms with Gasteiger partial charge in [-0.15, -0.1) is 23.7 Å². The first-order valence-electron chi connectivity index (χ1n) is 6.30. The number of thiazole rings is 1. The third-order valence-electron chi connectivity index (χ3n) is 3.42. The molecule has 100 valence electrons. The van der Waals surface area contributed by atoms with Crippen molar-refractivity contribution in [1.82, 2.24) is 10.3 Å². The second-order valence-electron chi connectivity index (χ2n) is 4.88. The minimum Gasteiger partial charge on any atom is -0.316 e. The van der Waals surface area contributed by atoms with Gasteiger partial charge in [0.25, 0.3) is 0 Å². The van der Waals surface area contributed by atoms with E-state index in [1.54, 1.807) is 11.3 Å². The van der Waals surface area contributed by atoms with Crippen molar-refractivity contribution in [2.45, 2.75) is 31.6 Å². The van der Waals surface area contributed by atoms with E-state index in [9.17, 15) is 4.79 Å². The molecule has 1 saturated heterocycles. The Morgan fingerprint density at radius 1 is 1.44 bits per heavy atom. The molecule has 1 saturated carbocycles. The van der Waals surface area contributed by atoms with E-state index in [0.29, 0.717) is 5.92 Å². The smallest absolute Gasteiger partial charge is 0.230 e. The average molecular weight is 288 g/mol. The van der Waals surface area contributed by atoms with Crippen molar-refractivity contribution in [3.8, 4) is 0 Å². The largest absolute Gasteiger partial charge is 0.316 e. The first-order chi connectivity index (χ1) is 8.33. The first kappa shape index (κ1) is 13.8. The molecular formula is C12H18ClN3OS. The molecule has 1 atom stereocenters. The molecule has 1 aromatic heterocycles. The Balaban J connectivity index is 0.00000120. The van der Waals surface area contributed by atoms with E-state index < -0.39 is 0 Å². The summed E-state index contributed by atoms with van der Waals surface area (Å²) >= 11 is 1.55. The maximum Gasteiger partial charge on any atom is 0.230 e. The molecule has 18 heavy (non-hydrogen) atoms. The molecule has 0 bridgehead atoms. The van der Waals surface area contributed by atoms with Crippen LogP contribution in [0.5, 0.6) is 0 Å². The lowest BCUT2D eigenvalue weighted by atomic mass is 9.99. The van der Waals surface area contributed by atoms with Crippen LogP contribution in [0.4, 0.5) is 5.13 Å². The zero-order chi connectivity index (χ0) is 11.7. The molecule has 3 rings (SSSR count). The summed E-state index contributed by atoms with van der Waals surface area (Å²) < 4.78 is 0. The fraction of sp³-hybridized carbons (Fsp3) is 0.667. The number of amides is 1. The van der Waals surface area contributed by atoms with Crippen LogP contribution in [0.1, 0.15) is 37.3 Å². The second-order valence-corrected chi connectivity index (χ2v) is 5.74. The SMILES string of the molecule is Cl.O=C(Nc1nc(C2CC2)cs1)[C@@H]1CCCNC1. The molecule has 0 unspecified atom stereocenters. The van der Waals surface area contributed by atoms with Crippen molar-refractivity contribution in [3.63, 3.8) is 0 Å². The Hall–Kier alpha value is -0.650. The molecule has 1 aromatic rings. The van der Waals surface area contributed by atoms with Gasteiger partial charge in [0.1, 0.15) is 0 Å². The number of rotatable bonds is 3. The third kappa shape index (κ3) is 3.22. The molecule has 2 heterocycles. The number of halogens is 1. The number of carbonyl (C=O) groups is 1. The lowest BCUT2D eigenvalue weighted by Crippen LogP contribution is -2.37. The summed E-state index contributed by atoms with van der Waals surface area (Å²) in [6.45, 7) is 1.83. The predicted molar refractivity (Wildman–Crippen MR) is 75.6 cm³/mol. The zero-order valence-corrected chi connectivity index (χ0v) is 11.8. The van der Waals surface area contributed by atoms with Gasteiger partial charge in [-0.3, -0.25) is 4.79 Å². The number of anilines is 1. The Labute approximate surface area is 117 Å². The highest BCUT2D eigenvalue weighted by Crippen LogP contribution is 2.40. The molecule has 4 nitrogen and oxygen atoms in total.